The van der Waals surface area contributed by atoms with E-state index < -0.39 is 21.1 Å². The van der Waals surface area contributed by atoms with Crippen LogP contribution < -0.4 is 0 Å². The van der Waals surface area contributed by atoms with E-state index in [2.05, 4.69) is 4.74 Å². The third kappa shape index (κ3) is 3.80. The predicted molar refractivity (Wildman–Crippen MR) is 69.9 cm³/mol. The number of hydrogen-bond acceptors (Lipinski definition) is 5. The molecule has 1 aromatic rings. The maximum atomic E-state index is 12.1. The quantitative estimate of drug-likeness (QED) is 0.762. The lowest BCUT2D eigenvalue weighted by molar-refractivity contribution is -0.140. The van der Waals surface area contributed by atoms with Gasteiger partial charge in [-0.15, -0.1) is 0 Å². The van der Waals surface area contributed by atoms with Crippen molar-refractivity contribution in [1.82, 2.24) is 0 Å². The van der Waals surface area contributed by atoms with Gasteiger partial charge in [-0.25, -0.2) is 8.42 Å². The minimum Gasteiger partial charge on any atom is -0.468 e. The average Bonchev–Trinajstić information content (AvgIpc) is 2.38. The largest absolute Gasteiger partial charge is 0.468 e. The highest BCUT2D eigenvalue weighted by atomic mass is 32.2. The fourth-order valence-corrected chi connectivity index (χ4v) is 3.50. The lowest BCUT2D eigenvalue weighted by atomic mass is 10.2. The summed E-state index contributed by atoms with van der Waals surface area (Å²) in [6, 6.07) is 8.26. The summed E-state index contributed by atoms with van der Waals surface area (Å²) in [5, 5.41) is 7.60. The van der Waals surface area contributed by atoms with Gasteiger partial charge in [0.25, 0.3) is 0 Å². The number of nitrogens with zero attached hydrogens (tertiary/aromatic N) is 1. The first-order valence-corrected chi connectivity index (χ1v) is 7.44. The maximum Gasteiger partial charge on any atom is 0.324 e. The van der Waals surface area contributed by atoms with E-state index in [1.807, 2.05) is 6.07 Å². The van der Waals surface area contributed by atoms with Crippen LogP contribution in [-0.2, 0) is 25.1 Å². The van der Waals surface area contributed by atoms with Crippen molar-refractivity contribution in [3.63, 3.8) is 0 Å². The van der Waals surface area contributed by atoms with Gasteiger partial charge in [0.2, 0.25) is 0 Å². The van der Waals surface area contributed by atoms with Crippen molar-refractivity contribution in [2.45, 2.75) is 24.3 Å². The van der Waals surface area contributed by atoms with Gasteiger partial charge in [-0.3, -0.25) is 4.79 Å². The fourth-order valence-electron chi connectivity index (χ4n) is 1.76. The van der Waals surface area contributed by atoms with E-state index in [1.54, 1.807) is 25.1 Å². The first kappa shape index (κ1) is 15.2. The molecule has 1 rings (SSSR count). The van der Waals surface area contributed by atoms with Gasteiger partial charge in [-0.1, -0.05) is 19.1 Å². The van der Waals surface area contributed by atoms with Gasteiger partial charge in [-0.2, -0.15) is 5.26 Å². The Morgan fingerprint density at radius 3 is 2.68 bits per heavy atom. The highest BCUT2D eigenvalue weighted by molar-refractivity contribution is 7.92. The molecule has 0 amide bonds. The molecule has 0 saturated carbocycles. The molecule has 1 atom stereocenters. The van der Waals surface area contributed by atoms with Gasteiger partial charge in [0, 0.05) is 0 Å². The topological polar surface area (TPSA) is 84.2 Å². The molecule has 0 aliphatic rings. The minimum absolute atomic E-state index is 0.160. The average molecular weight is 281 g/mol. The molecule has 19 heavy (non-hydrogen) atoms. The molecule has 0 spiro atoms. The van der Waals surface area contributed by atoms with E-state index in [0.29, 0.717) is 11.1 Å². The fraction of sp³-hybridized carbons (Fsp3) is 0.385. The molecule has 0 aromatic heterocycles. The zero-order valence-electron chi connectivity index (χ0n) is 10.8. The highest BCUT2D eigenvalue weighted by Gasteiger charge is 2.31. The molecular weight excluding hydrogens is 266 g/mol. The van der Waals surface area contributed by atoms with Crippen molar-refractivity contribution in [3.8, 4) is 6.07 Å². The van der Waals surface area contributed by atoms with Gasteiger partial charge in [0.05, 0.1) is 24.5 Å². The number of benzene rings is 1. The van der Waals surface area contributed by atoms with Crippen LogP contribution in [0, 0.1) is 11.3 Å². The van der Waals surface area contributed by atoms with E-state index in [1.165, 1.54) is 6.07 Å². The summed E-state index contributed by atoms with van der Waals surface area (Å²) >= 11 is 0. The molecule has 0 fully saturated rings. The van der Waals surface area contributed by atoms with Crippen LogP contribution in [0.15, 0.2) is 24.3 Å². The molecule has 102 valence electrons. The van der Waals surface area contributed by atoms with E-state index in [0.717, 1.165) is 7.11 Å². The molecule has 0 radical (unpaired) electrons. The van der Waals surface area contributed by atoms with Crippen LogP contribution >= 0.6 is 0 Å². The predicted octanol–water partition coefficient (Wildman–Crippen LogP) is 1.42. The van der Waals surface area contributed by atoms with Gasteiger partial charge < -0.3 is 4.74 Å². The van der Waals surface area contributed by atoms with Crippen LogP contribution in [0.4, 0.5) is 0 Å². The molecule has 0 aliphatic heterocycles. The Morgan fingerprint density at radius 1 is 1.47 bits per heavy atom. The van der Waals surface area contributed by atoms with Crippen molar-refractivity contribution in [3.05, 3.63) is 35.4 Å². The zero-order valence-corrected chi connectivity index (χ0v) is 11.6. The van der Waals surface area contributed by atoms with Crippen LogP contribution in [0.1, 0.15) is 24.5 Å². The number of hydrogen-bond donors (Lipinski definition) is 0. The highest BCUT2D eigenvalue weighted by Crippen LogP contribution is 2.16. The second kappa shape index (κ2) is 6.34. The molecule has 0 saturated heterocycles. The van der Waals surface area contributed by atoms with Crippen LogP contribution in [0.2, 0.25) is 0 Å². The Bertz CT molecular complexity index is 601. The summed E-state index contributed by atoms with van der Waals surface area (Å²) in [6.07, 6.45) is 0.160. The Morgan fingerprint density at radius 2 is 2.16 bits per heavy atom. The summed E-state index contributed by atoms with van der Waals surface area (Å²) in [4.78, 5) is 11.4. The molecular formula is C13H15NO4S. The van der Waals surface area contributed by atoms with Crippen LogP contribution in [-0.4, -0.2) is 26.7 Å². The van der Waals surface area contributed by atoms with Crippen LogP contribution in [0.3, 0.4) is 0 Å². The van der Waals surface area contributed by atoms with Gasteiger partial charge in [0.1, 0.15) is 0 Å². The zero-order chi connectivity index (χ0) is 14.5. The summed E-state index contributed by atoms with van der Waals surface area (Å²) in [7, 11) is -2.48. The number of carbonyl (C=O) groups is 1. The monoisotopic (exact) mass is 281 g/mol. The van der Waals surface area contributed by atoms with E-state index in [-0.39, 0.29) is 12.2 Å². The van der Waals surface area contributed by atoms with Crippen LogP contribution in [0.5, 0.6) is 0 Å². The van der Waals surface area contributed by atoms with Gasteiger partial charge in [0.15, 0.2) is 15.1 Å². The Labute approximate surface area is 112 Å². The Kier molecular flexibility index (Phi) is 5.07. The number of methoxy groups -OCH3 is 1. The van der Waals surface area contributed by atoms with Crippen molar-refractivity contribution in [1.29, 1.82) is 5.26 Å². The van der Waals surface area contributed by atoms with E-state index >= 15 is 0 Å². The van der Waals surface area contributed by atoms with Crippen molar-refractivity contribution >= 4 is 15.8 Å². The molecule has 5 nitrogen and oxygen atoms in total. The first-order chi connectivity index (χ1) is 8.94. The Balaban J connectivity index is 3.01. The van der Waals surface area contributed by atoms with E-state index in [4.69, 9.17) is 5.26 Å². The molecule has 0 aliphatic carbocycles. The SMILES string of the molecule is CCC(C(=O)OC)S(=O)(=O)Cc1cccc(C#N)c1. The second-order valence-corrected chi connectivity index (χ2v) is 6.22. The number of nitriles is 1. The smallest absolute Gasteiger partial charge is 0.324 e. The molecule has 0 bridgehead atoms. The van der Waals surface area contributed by atoms with E-state index in [9.17, 15) is 13.2 Å². The number of rotatable bonds is 5. The molecule has 6 heteroatoms. The van der Waals surface area contributed by atoms with Crippen LogP contribution in [0.25, 0.3) is 0 Å². The van der Waals surface area contributed by atoms with Gasteiger partial charge in [-0.05, 0) is 24.1 Å². The number of ether oxygens (including phenoxy) is 1. The lowest BCUT2D eigenvalue weighted by Gasteiger charge is -2.13. The Hall–Kier alpha value is -1.87. The lowest BCUT2D eigenvalue weighted by Crippen LogP contribution is -2.31. The van der Waals surface area contributed by atoms with Crippen molar-refractivity contribution in [2.75, 3.05) is 7.11 Å². The standard InChI is InChI=1S/C13H15NO4S/c1-3-12(13(15)18-2)19(16,17)9-11-6-4-5-10(7-11)8-14/h4-7,12H,3,9H2,1-2H3. The van der Waals surface area contributed by atoms with Crippen molar-refractivity contribution in [2.24, 2.45) is 0 Å². The summed E-state index contributed by atoms with van der Waals surface area (Å²) < 4.78 is 28.8. The summed E-state index contributed by atoms with van der Waals surface area (Å²) in [6.45, 7) is 1.62. The van der Waals surface area contributed by atoms with Crippen molar-refractivity contribution < 1.29 is 17.9 Å². The molecule has 0 N–H and O–H groups in total. The summed E-state index contributed by atoms with van der Waals surface area (Å²) in [5.41, 5.74) is 0.875. The molecule has 1 aromatic carbocycles. The first-order valence-electron chi connectivity index (χ1n) is 5.73. The third-order valence-electron chi connectivity index (χ3n) is 2.69. The third-order valence-corrected chi connectivity index (χ3v) is 4.82. The number of sulfone groups is 1. The normalized spacial score (nSPS) is 12.5. The summed E-state index contributed by atoms with van der Waals surface area (Å²) in [5.74, 6) is -1.03. The van der Waals surface area contributed by atoms with Gasteiger partial charge >= 0.3 is 5.97 Å². The molecule has 0 heterocycles. The second-order valence-electron chi connectivity index (χ2n) is 4.04. The number of carbonyl (C=O) groups excluding carboxylic acids is 1. The minimum atomic E-state index is -3.65. The maximum absolute atomic E-state index is 12.1. The number of esters is 1. The molecule has 1 unspecified atom stereocenters.